The Morgan fingerprint density at radius 1 is 1.33 bits per heavy atom. The molecule has 0 aliphatic heterocycles. The summed E-state index contributed by atoms with van der Waals surface area (Å²) < 4.78 is 0. The molecule has 2 aliphatic rings. The maximum Gasteiger partial charge on any atom is 0.337 e. The molecule has 0 radical (unpaired) electrons. The summed E-state index contributed by atoms with van der Waals surface area (Å²) in [7, 11) is 0. The van der Waals surface area contributed by atoms with Crippen LogP contribution >= 0.6 is 0 Å². The number of carbonyl (C=O) groups is 1. The number of hydrogen-bond donors (Lipinski definition) is 1. The largest absolute Gasteiger partial charge is 0.478 e. The zero-order chi connectivity index (χ0) is 12.8. The van der Waals surface area contributed by atoms with Crippen LogP contribution in [-0.4, -0.2) is 16.1 Å². The fourth-order valence-electron chi connectivity index (χ4n) is 3.71. The number of hydrogen-bond acceptors (Lipinski definition) is 2. The van der Waals surface area contributed by atoms with Gasteiger partial charge in [0.2, 0.25) is 0 Å². The highest BCUT2D eigenvalue weighted by molar-refractivity contribution is 5.89. The molecule has 0 atom stereocenters. The van der Waals surface area contributed by atoms with Crippen molar-refractivity contribution in [3.8, 4) is 0 Å². The van der Waals surface area contributed by atoms with Crippen LogP contribution in [-0.2, 0) is 12.8 Å². The van der Waals surface area contributed by atoms with Crippen molar-refractivity contribution in [3.05, 3.63) is 28.6 Å². The lowest BCUT2D eigenvalue weighted by atomic mass is 9.71. The van der Waals surface area contributed by atoms with E-state index in [9.17, 15) is 9.90 Å². The molecule has 0 saturated heterocycles. The summed E-state index contributed by atoms with van der Waals surface area (Å²) >= 11 is 0. The highest BCUT2D eigenvalue weighted by Crippen LogP contribution is 2.47. The van der Waals surface area contributed by atoms with Gasteiger partial charge in [0.1, 0.15) is 0 Å². The van der Waals surface area contributed by atoms with Crippen LogP contribution in [0.4, 0.5) is 0 Å². The highest BCUT2D eigenvalue weighted by Gasteiger charge is 2.37. The van der Waals surface area contributed by atoms with Crippen molar-refractivity contribution in [2.24, 2.45) is 5.41 Å². The van der Waals surface area contributed by atoms with Crippen molar-refractivity contribution in [2.45, 2.75) is 51.9 Å². The first-order chi connectivity index (χ1) is 8.60. The van der Waals surface area contributed by atoms with Crippen molar-refractivity contribution in [1.29, 1.82) is 0 Å². The van der Waals surface area contributed by atoms with Gasteiger partial charge in [-0.3, -0.25) is 4.98 Å². The van der Waals surface area contributed by atoms with Gasteiger partial charge in [0.05, 0.1) is 11.3 Å². The molecular weight excluding hydrogens is 226 g/mol. The first-order valence-corrected chi connectivity index (χ1v) is 6.82. The molecule has 96 valence electrons. The van der Waals surface area contributed by atoms with Crippen LogP contribution in [0, 0.1) is 12.3 Å². The fraction of sp³-hybridized carbons (Fsp3) is 0.600. The Kier molecular flexibility index (Phi) is 2.65. The zero-order valence-electron chi connectivity index (χ0n) is 10.8. The standard InChI is InChI=1S/C15H19NO2/c1-10-12(14(17)18)8-11-9-15(5-2-3-6-15)7-4-13(11)16-10/h8H,2-7,9H2,1H3,(H,17,18). The molecule has 1 saturated carbocycles. The molecule has 0 aromatic carbocycles. The Morgan fingerprint density at radius 3 is 2.72 bits per heavy atom. The second-order valence-electron chi connectivity index (χ2n) is 5.92. The van der Waals surface area contributed by atoms with Crippen LogP contribution in [0.25, 0.3) is 0 Å². The predicted octanol–water partition coefficient (Wildman–Crippen LogP) is 3.14. The van der Waals surface area contributed by atoms with Gasteiger partial charge in [0.15, 0.2) is 0 Å². The Hall–Kier alpha value is -1.38. The molecule has 18 heavy (non-hydrogen) atoms. The summed E-state index contributed by atoms with van der Waals surface area (Å²) in [6.45, 7) is 1.80. The third-order valence-corrected chi connectivity index (χ3v) is 4.73. The number of pyridine rings is 1. The SMILES string of the molecule is Cc1nc2c(cc1C(=O)O)CC1(CCCC1)CC2. The zero-order valence-corrected chi connectivity index (χ0v) is 10.8. The Balaban J connectivity index is 1.99. The summed E-state index contributed by atoms with van der Waals surface area (Å²) in [6.07, 6.45) is 8.58. The monoisotopic (exact) mass is 245 g/mol. The van der Waals surface area contributed by atoms with E-state index in [4.69, 9.17) is 0 Å². The lowest BCUT2D eigenvalue weighted by molar-refractivity contribution is 0.0695. The van der Waals surface area contributed by atoms with E-state index in [2.05, 4.69) is 4.98 Å². The van der Waals surface area contributed by atoms with Gasteiger partial charge >= 0.3 is 5.97 Å². The van der Waals surface area contributed by atoms with Gasteiger partial charge in [-0.15, -0.1) is 0 Å². The third-order valence-electron chi connectivity index (χ3n) is 4.73. The van der Waals surface area contributed by atoms with Crippen molar-refractivity contribution in [2.75, 3.05) is 0 Å². The molecule has 3 rings (SSSR count). The van der Waals surface area contributed by atoms with Crippen LogP contribution in [0.2, 0.25) is 0 Å². The van der Waals surface area contributed by atoms with Crippen LogP contribution in [0.5, 0.6) is 0 Å². The second-order valence-corrected chi connectivity index (χ2v) is 5.92. The number of nitrogens with zero attached hydrogens (tertiary/aromatic N) is 1. The van der Waals surface area contributed by atoms with Crippen LogP contribution in [0.3, 0.4) is 0 Å². The van der Waals surface area contributed by atoms with Gasteiger partial charge in [-0.1, -0.05) is 12.8 Å². The summed E-state index contributed by atoms with van der Waals surface area (Å²) in [5.74, 6) is -0.853. The minimum Gasteiger partial charge on any atom is -0.478 e. The van der Waals surface area contributed by atoms with Crippen LogP contribution in [0.1, 0.15) is 59.4 Å². The Labute approximate surface area is 107 Å². The van der Waals surface area contributed by atoms with Gasteiger partial charge in [-0.2, -0.15) is 0 Å². The number of aromatic nitrogens is 1. The van der Waals surface area contributed by atoms with Gasteiger partial charge in [-0.05, 0) is 56.1 Å². The maximum absolute atomic E-state index is 11.2. The molecule has 1 aromatic rings. The predicted molar refractivity (Wildman–Crippen MR) is 68.9 cm³/mol. The molecule has 3 heteroatoms. The number of aromatic carboxylic acids is 1. The van der Waals surface area contributed by atoms with Crippen molar-refractivity contribution in [3.63, 3.8) is 0 Å². The van der Waals surface area contributed by atoms with Crippen molar-refractivity contribution >= 4 is 5.97 Å². The first-order valence-electron chi connectivity index (χ1n) is 6.82. The van der Waals surface area contributed by atoms with E-state index in [1.165, 1.54) is 37.7 Å². The third kappa shape index (κ3) is 1.82. The quantitative estimate of drug-likeness (QED) is 0.827. The van der Waals surface area contributed by atoms with Crippen molar-refractivity contribution < 1.29 is 9.90 Å². The number of fused-ring (bicyclic) bond motifs is 1. The molecular formula is C15H19NO2. The highest BCUT2D eigenvalue weighted by atomic mass is 16.4. The average Bonchev–Trinajstić information content (AvgIpc) is 2.77. The first kappa shape index (κ1) is 11.7. The molecule has 0 unspecified atom stereocenters. The van der Waals surface area contributed by atoms with E-state index in [0.717, 1.165) is 18.5 Å². The molecule has 1 spiro atoms. The Bertz CT molecular complexity index is 501. The average molecular weight is 245 g/mol. The topological polar surface area (TPSA) is 50.2 Å². The van der Waals surface area contributed by atoms with Gasteiger partial charge < -0.3 is 5.11 Å². The van der Waals surface area contributed by atoms with Gasteiger partial charge in [0.25, 0.3) is 0 Å². The maximum atomic E-state index is 11.2. The summed E-state index contributed by atoms with van der Waals surface area (Å²) in [5, 5.41) is 9.18. The normalized spacial score (nSPS) is 20.9. The van der Waals surface area contributed by atoms with Crippen LogP contribution < -0.4 is 0 Å². The Morgan fingerprint density at radius 2 is 2.06 bits per heavy atom. The van der Waals surface area contributed by atoms with E-state index in [1.54, 1.807) is 6.92 Å². The van der Waals surface area contributed by atoms with Crippen LogP contribution in [0.15, 0.2) is 6.07 Å². The molecule has 0 amide bonds. The lowest BCUT2D eigenvalue weighted by Crippen LogP contribution is -2.27. The second kappa shape index (κ2) is 4.08. The van der Waals surface area contributed by atoms with E-state index in [-0.39, 0.29) is 0 Å². The number of aryl methyl sites for hydroxylation is 2. The molecule has 1 aromatic heterocycles. The molecule has 1 heterocycles. The van der Waals surface area contributed by atoms with E-state index in [1.807, 2.05) is 6.07 Å². The molecule has 2 aliphatic carbocycles. The molecule has 1 N–H and O–H groups in total. The van der Waals surface area contributed by atoms with Crippen molar-refractivity contribution in [1.82, 2.24) is 4.98 Å². The number of rotatable bonds is 1. The summed E-state index contributed by atoms with van der Waals surface area (Å²) in [5.41, 5.74) is 3.81. The molecule has 3 nitrogen and oxygen atoms in total. The smallest absolute Gasteiger partial charge is 0.337 e. The number of carboxylic acid groups (broad SMARTS) is 1. The summed E-state index contributed by atoms with van der Waals surface area (Å²) in [6, 6.07) is 1.87. The molecule has 0 bridgehead atoms. The fourth-order valence-corrected chi connectivity index (χ4v) is 3.71. The summed E-state index contributed by atoms with van der Waals surface area (Å²) in [4.78, 5) is 15.7. The van der Waals surface area contributed by atoms with E-state index >= 15 is 0 Å². The molecule has 1 fully saturated rings. The van der Waals surface area contributed by atoms with E-state index < -0.39 is 5.97 Å². The van der Waals surface area contributed by atoms with Gasteiger partial charge in [-0.25, -0.2) is 4.79 Å². The van der Waals surface area contributed by atoms with Gasteiger partial charge in [0, 0.05) is 5.69 Å². The minimum atomic E-state index is -0.853. The van der Waals surface area contributed by atoms with E-state index in [0.29, 0.717) is 16.7 Å². The lowest BCUT2D eigenvalue weighted by Gasteiger charge is -2.34. The number of carboxylic acids is 1. The minimum absolute atomic E-state index is 0.379.